The van der Waals surface area contributed by atoms with Crippen molar-refractivity contribution in [3.05, 3.63) is 70.7 Å². The second kappa shape index (κ2) is 14.7. The summed E-state index contributed by atoms with van der Waals surface area (Å²) >= 11 is 6.30. The van der Waals surface area contributed by atoms with E-state index in [0.29, 0.717) is 24.4 Å². The molecule has 0 spiro atoms. The molecule has 10 heteroatoms. The SMILES string of the molecule is CC(C)(c1cccc(Cl)c1)C(OC(=O)N[C@@H](CC1CCCCC1)C(=O)N[C@@H](CC1CCNC1=O)C(=O)O)c1ccccc1. The number of rotatable bonds is 12. The lowest BCUT2D eigenvalue weighted by molar-refractivity contribution is -0.143. The highest BCUT2D eigenvalue weighted by Gasteiger charge is 2.38. The summed E-state index contributed by atoms with van der Waals surface area (Å²) in [5.74, 6) is -2.31. The van der Waals surface area contributed by atoms with Crippen LogP contribution in [-0.4, -0.2) is 47.6 Å². The first kappa shape index (κ1) is 32.3. The third-order valence-corrected chi connectivity index (χ3v) is 8.99. The van der Waals surface area contributed by atoms with E-state index in [1.165, 1.54) is 0 Å². The molecule has 1 saturated carbocycles. The average molecular weight is 612 g/mol. The largest absolute Gasteiger partial charge is 0.480 e. The molecule has 2 aliphatic rings. The summed E-state index contributed by atoms with van der Waals surface area (Å²) in [7, 11) is 0. The maximum Gasteiger partial charge on any atom is 0.408 e. The molecule has 2 aromatic carbocycles. The Morgan fingerprint density at radius 3 is 2.33 bits per heavy atom. The predicted octanol–water partition coefficient (Wildman–Crippen LogP) is 5.52. The van der Waals surface area contributed by atoms with Crippen LogP contribution in [0.25, 0.3) is 0 Å². The molecule has 3 amide bonds. The summed E-state index contributed by atoms with van der Waals surface area (Å²) in [6.07, 6.45) is 4.44. The Labute approximate surface area is 258 Å². The molecule has 4 atom stereocenters. The van der Waals surface area contributed by atoms with Gasteiger partial charge in [-0.05, 0) is 48.4 Å². The van der Waals surface area contributed by atoms with Gasteiger partial charge in [-0.1, -0.05) is 100 Å². The molecule has 4 rings (SSSR count). The molecule has 0 bridgehead atoms. The van der Waals surface area contributed by atoms with Gasteiger partial charge in [0, 0.05) is 22.9 Å². The fourth-order valence-electron chi connectivity index (χ4n) is 6.22. The normalized spacial score (nSPS) is 19.5. The number of carbonyl (C=O) groups excluding carboxylic acids is 3. The van der Waals surface area contributed by atoms with Crippen molar-refractivity contribution in [1.82, 2.24) is 16.0 Å². The number of benzene rings is 2. The van der Waals surface area contributed by atoms with Gasteiger partial charge in [0.15, 0.2) is 0 Å². The number of halogens is 1. The standard InChI is InChI=1S/C33H42ClN3O6/c1-33(2,24-14-9-15-25(34)20-24)28(22-12-7-4-8-13-22)43-32(42)37-26(18-21-10-5-3-6-11-21)30(39)36-27(31(40)41)19-23-16-17-35-29(23)38/h4,7-9,12-15,20-21,23,26-28H,3,5-6,10-11,16-19H2,1-2H3,(H,35,38)(H,36,39)(H,37,42)(H,40,41)/t23?,26-,27-,28?/m0/s1. The Morgan fingerprint density at radius 1 is 0.977 bits per heavy atom. The highest BCUT2D eigenvalue weighted by molar-refractivity contribution is 6.30. The van der Waals surface area contributed by atoms with Crippen LogP contribution in [-0.2, 0) is 24.5 Å². The lowest BCUT2D eigenvalue weighted by atomic mass is 9.76. The smallest absolute Gasteiger partial charge is 0.408 e. The number of hydrogen-bond donors (Lipinski definition) is 4. The number of ether oxygens (including phenoxy) is 1. The van der Waals surface area contributed by atoms with E-state index in [2.05, 4.69) is 16.0 Å². The summed E-state index contributed by atoms with van der Waals surface area (Å²) < 4.78 is 6.10. The van der Waals surface area contributed by atoms with Crippen molar-refractivity contribution in [3.63, 3.8) is 0 Å². The minimum atomic E-state index is -1.26. The highest BCUT2D eigenvalue weighted by Crippen LogP contribution is 2.40. The molecule has 2 fully saturated rings. The molecule has 2 unspecified atom stereocenters. The molecular formula is C33H42ClN3O6. The predicted molar refractivity (Wildman–Crippen MR) is 164 cm³/mol. The van der Waals surface area contributed by atoms with Crippen molar-refractivity contribution in [2.45, 2.75) is 88.8 Å². The van der Waals surface area contributed by atoms with E-state index < -0.39 is 47.5 Å². The molecule has 2 aromatic rings. The fraction of sp³-hybridized carbons (Fsp3) is 0.515. The Kier molecular flexibility index (Phi) is 11.1. The topological polar surface area (TPSA) is 134 Å². The second-order valence-corrected chi connectivity index (χ2v) is 12.7. The molecule has 1 aliphatic carbocycles. The fourth-order valence-corrected chi connectivity index (χ4v) is 6.41. The van der Waals surface area contributed by atoms with E-state index in [9.17, 15) is 24.3 Å². The third-order valence-electron chi connectivity index (χ3n) is 8.75. The Morgan fingerprint density at radius 2 is 1.70 bits per heavy atom. The Hall–Kier alpha value is -3.59. The number of amides is 3. The number of carboxylic acids is 1. The lowest BCUT2D eigenvalue weighted by Gasteiger charge is -2.35. The molecule has 9 nitrogen and oxygen atoms in total. The van der Waals surface area contributed by atoms with Gasteiger partial charge in [-0.3, -0.25) is 9.59 Å². The molecule has 0 radical (unpaired) electrons. The maximum atomic E-state index is 13.6. The summed E-state index contributed by atoms with van der Waals surface area (Å²) in [6, 6.07) is 14.5. The van der Waals surface area contributed by atoms with Crippen molar-refractivity contribution in [1.29, 1.82) is 0 Å². The summed E-state index contributed by atoms with van der Waals surface area (Å²) in [4.78, 5) is 51.3. The maximum absolute atomic E-state index is 13.6. The Bertz CT molecular complexity index is 1280. The number of hydrogen-bond acceptors (Lipinski definition) is 5. The minimum Gasteiger partial charge on any atom is -0.480 e. The molecule has 1 aliphatic heterocycles. The zero-order valence-corrected chi connectivity index (χ0v) is 25.6. The van der Waals surface area contributed by atoms with Crippen LogP contribution in [0, 0.1) is 11.8 Å². The van der Waals surface area contributed by atoms with Crippen LogP contribution < -0.4 is 16.0 Å². The van der Waals surface area contributed by atoms with Crippen LogP contribution in [0.1, 0.15) is 82.4 Å². The van der Waals surface area contributed by atoms with Gasteiger partial charge in [-0.2, -0.15) is 0 Å². The molecular weight excluding hydrogens is 570 g/mol. The van der Waals surface area contributed by atoms with Gasteiger partial charge < -0.3 is 25.8 Å². The van der Waals surface area contributed by atoms with Gasteiger partial charge in [0.25, 0.3) is 0 Å². The van der Waals surface area contributed by atoms with Crippen molar-refractivity contribution in [2.75, 3.05) is 6.54 Å². The van der Waals surface area contributed by atoms with E-state index in [1.54, 1.807) is 6.07 Å². The van der Waals surface area contributed by atoms with Crippen LogP contribution >= 0.6 is 11.6 Å². The number of carboxylic acid groups (broad SMARTS) is 1. The van der Waals surface area contributed by atoms with Crippen molar-refractivity contribution < 1.29 is 29.0 Å². The van der Waals surface area contributed by atoms with Crippen molar-refractivity contribution in [2.24, 2.45) is 11.8 Å². The monoisotopic (exact) mass is 611 g/mol. The molecule has 43 heavy (non-hydrogen) atoms. The van der Waals surface area contributed by atoms with Gasteiger partial charge in [0.2, 0.25) is 11.8 Å². The molecule has 1 saturated heterocycles. The first-order valence-corrected chi connectivity index (χ1v) is 15.5. The first-order chi connectivity index (χ1) is 20.5. The zero-order chi connectivity index (χ0) is 31.0. The van der Waals surface area contributed by atoms with Gasteiger partial charge in [0.1, 0.15) is 18.2 Å². The average Bonchev–Trinajstić information content (AvgIpc) is 3.40. The van der Waals surface area contributed by atoms with E-state index in [0.717, 1.165) is 43.2 Å². The highest BCUT2D eigenvalue weighted by atomic mass is 35.5. The quantitative estimate of drug-likeness (QED) is 0.250. The van der Waals surface area contributed by atoms with E-state index >= 15 is 0 Å². The van der Waals surface area contributed by atoms with Crippen LogP contribution in [0.15, 0.2) is 54.6 Å². The summed E-state index contributed by atoms with van der Waals surface area (Å²) in [5, 5.41) is 18.5. The van der Waals surface area contributed by atoms with Gasteiger partial charge in [0.05, 0.1) is 0 Å². The van der Waals surface area contributed by atoms with E-state index in [4.69, 9.17) is 16.3 Å². The summed E-state index contributed by atoms with van der Waals surface area (Å²) in [5.41, 5.74) is 0.955. The zero-order valence-electron chi connectivity index (χ0n) is 24.8. The number of nitrogens with one attached hydrogen (secondary N) is 3. The van der Waals surface area contributed by atoms with Crippen LogP contribution in [0.2, 0.25) is 5.02 Å². The van der Waals surface area contributed by atoms with Gasteiger partial charge >= 0.3 is 12.1 Å². The number of carbonyl (C=O) groups is 4. The van der Waals surface area contributed by atoms with Crippen molar-refractivity contribution in [3.8, 4) is 0 Å². The lowest BCUT2D eigenvalue weighted by Crippen LogP contribution is -2.53. The first-order valence-electron chi connectivity index (χ1n) is 15.1. The molecule has 4 N–H and O–H groups in total. The number of alkyl carbamates (subject to hydrolysis) is 1. The van der Waals surface area contributed by atoms with Gasteiger partial charge in [-0.25, -0.2) is 9.59 Å². The molecule has 1 heterocycles. The third kappa shape index (κ3) is 8.72. The molecule has 232 valence electrons. The van der Waals surface area contributed by atoms with Crippen LogP contribution in [0.4, 0.5) is 4.79 Å². The minimum absolute atomic E-state index is 0.0165. The van der Waals surface area contributed by atoms with E-state index in [1.807, 2.05) is 62.4 Å². The second-order valence-electron chi connectivity index (χ2n) is 12.3. The van der Waals surface area contributed by atoms with Crippen LogP contribution in [0.5, 0.6) is 0 Å². The molecule has 0 aromatic heterocycles. The van der Waals surface area contributed by atoms with Gasteiger partial charge in [-0.15, -0.1) is 0 Å². The van der Waals surface area contributed by atoms with Crippen molar-refractivity contribution >= 4 is 35.5 Å². The van der Waals surface area contributed by atoms with E-state index in [-0.39, 0.29) is 18.2 Å². The number of aliphatic carboxylic acids is 1. The Balaban J connectivity index is 1.54. The summed E-state index contributed by atoms with van der Waals surface area (Å²) in [6.45, 7) is 4.41. The van der Waals surface area contributed by atoms with Crippen LogP contribution in [0.3, 0.4) is 0 Å².